The Balaban J connectivity index is 2.00. The van der Waals surface area contributed by atoms with Crippen molar-refractivity contribution in [2.45, 2.75) is 62.4 Å². The summed E-state index contributed by atoms with van der Waals surface area (Å²) in [6.45, 7) is 4.03. The first-order valence-corrected chi connectivity index (χ1v) is 7.71. The summed E-state index contributed by atoms with van der Waals surface area (Å²) in [5.74, 6) is -0.217. The normalized spacial score (nSPS) is 18.2. The molecule has 106 valence electrons. The number of rotatable bonds is 5. The Kier molecular flexibility index (Phi) is 5.18. The SMILES string of the molecule is CCOC(=O)C(C)Sc1nnnn1C1CCCCC1. The van der Waals surface area contributed by atoms with E-state index in [1.54, 1.807) is 6.92 Å². The maximum absolute atomic E-state index is 11.6. The van der Waals surface area contributed by atoms with E-state index < -0.39 is 0 Å². The quantitative estimate of drug-likeness (QED) is 0.610. The summed E-state index contributed by atoms with van der Waals surface area (Å²) in [7, 11) is 0. The number of hydrogen-bond donors (Lipinski definition) is 0. The Hall–Kier alpha value is -1.11. The molecular formula is C12H20N4O2S. The molecule has 0 N–H and O–H groups in total. The van der Waals surface area contributed by atoms with Crippen molar-refractivity contribution in [3.05, 3.63) is 0 Å². The van der Waals surface area contributed by atoms with Gasteiger partial charge in [0.05, 0.1) is 12.6 Å². The van der Waals surface area contributed by atoms with E-state index in [9.17, 15) is 4.79 Å². The third-order valence-electron chi connectivity index (χ3n) is 3.28. The summed E-state index contributed by atoms with van der Waals surface area (Å²) in [4.78, 5) is 11.6. The molecule has 1 atom stereocenters. The van der Waals surface area contributed by atoms with E-state index in [1.807, 2.05) is 11.6 Å². The van der Waals surface area contributed by atoms with Crippen LogP contribution in [0.1, 0.15) is 52.0 Å². The molecule has 0 aromatic carbocycles. The molecule has 6 nitrogen and oxygen atoms in total. The fraction of sp³-hybridized carbons (Fsp3) is 0.833. The molecule has 0 spiro atoms. The summed E-state index contributed by atoms with van der Waals surface area (Å²) in [5.41, 5.74) is 0. The minimum absolute atomic E-state index is 0.217. The van der Waals surface area contributed by atoms with Crippen LogP contribution < -0.4 is 0 Å². The van der Waals surface area contributed by atoms with Gasteiger partial charge in [-0.25, -0.2) is 4.68 Å². The van der Waals surface area contributed by atoms with E-state index in [1.165, 1.54) is 31.0 Å². The molecule has 1 aromatic heterocycles. The molecule has 0 saturated heterocycles. The van der Waals surface area contributed by atoms with Crippen molar-refractivity contribution in [1.29, 1.82) is 0 Å². The predicted molar refractivity (Wildman–Crippen MR) is 71.9 cm³/mol. The summed E-state index contributed by atoms with van der Waals surface area (Å²) >= 11 is 1.37. The number of carbonyl (C=O) groups is 1. The molecule has 1 aromatic rings. The Morgan fingerprint density at radius 2 is 2.21 bits per heavy atom. The van der Waals surface area contributed by atoms with Gasteiger partial charge in [0.2, 0.25) is 5.16 Å². The number of nitrogens with zero attached hydrogens (tertiary/aromatic N) is 4. The first kappa shape index (κ1) is 14.3. The van der Waals surface area contributed by atoms with Crippen molar-refractivity contribution < 1.29 is 9.53 Å². The van der Waals surface area contributed by atoms with E-state index >= 15 is 0 Å². The van der Waals surface area contributed by atoms with Gasteiger partial charge in [-0.2, -0.15) is 0 Å². The third-order valence-corrected chi connectivity index (χ3v) is 4.31. The molecule has 1 aliphatic rings. The molecule has 1 saturated carbocycles. The summed E-state index contributed by atoms with van der Waals surface area (Å²) in [6, 6.07) is 0.376. The molecule has 0 aliphatic heterocycles. The molecule has 7 heteroatoms. The molecular weight excluding hydrogens is 264 g/mol. The van der Waals surface area contributed by atoms with E-state index in [2.05, 4.69) is 15.5 Å². The molecule has 1 fully saturated rings. The van der Waals surface area contributed by atoms with Crippen molar-refractivity contribution in [3.8, 4) is 0 Å². The minimum atomic E-state index is -0.284. The second-order valence-electron chi connectivity index (χ2n) is 4.71. The number of tetrazole rings is 1. The molecule has 0 radical (unpaired) electrons. The van der Waals surface area contributed by atoms with Crippen LogP contribution in [-0.4, -0.2) is 38.0 Å². The number of esters is 1. The van der Waals surface area contributed by atoms with Crippen LogP contribution in [0.25, 0.3) is 0 Å². The van der Waals surface area contributed by atoms with Gasteiger partial charge in [-0.1, -0.05) is 31.0 Å². The average molecular weight is 284 g/mol. The van der Waals surface area contributed by atoms with Crippen molar-refractivity contribution in [1.82, 2.24) is 20.2 Å². The zero-order valence-electron chi connectivity index (χ0n) is 11.4. The monoisotopic (exact) mass is 284 g/mol. The van der Waals surface area contributed by atoms with Crippen LogP contribution in [0.3, 0.4) is 0 Å². The summed E-state index contributed by atoms with van der Waals surface area (Å²) < 4.78 is 6.87. The van der Waals surface area contributed by atoms with E-state index in [0.717, 1.165) is 12.8 Å². The highest BCUT2D eigenvalue weighted by atomic mass is 32.2. The molecule has 0 amide bonds. The summed E-state index contributed by atoms with van der Waals surface area (Å²) in [5, 5.41) is 12.3. The van der Waals surface area contributed by atoms with Crippen LogP contribution in [0.4, 0.5) is 0 Å². The maximum atomic E-state index is 11.6. The Bertz CT molecular complexity index is 418. The summed E-state index contributed by atoms with van der Waals surface area (Å²) in [6.07, 6.45) is 5.98. The standard InChI is InChI=1S/C12H20N4O2S/c1-3-18-11(17)9(2)19-12-13-14-15-16(12)10-7-5-4-6-8-10/h9-10H,3-8H2,1-2H3. The van der Waals surface area contributed by atoms with E-state index in [0.29, 0.717) is 17.8 Å². The third kappa shape index (κ3) is 3.68. The lowest BCUT2D eigenvalue weighted by molar-refractivity contribution is -0.142. The smallest absolute Gasteiger partial charge is 0.319 e. The molecule has 1 aliphatic carbocycles. The van der Waals surface area contributed by atoms with Gasteiger partial charge in [0.1, 0.15) is 5.25 Å². The van der Waals surface area contributed by atoms with Crippen LogP contribution in [0, 0.1) is 0 Å². The fourth-order valence-corrected chi connectivity index (χ4v) is 3.14. The van der Waals surface area contributed by atoms with E-state index in [-0.39, 0.29) is 11.2 Å². The zero-order valence-corrected chi connectivity index (χ0v) is 12.2. The second-order valence-corrected chi connectivity index (χ2v) is 6.02. The van der Waals surface area contributed by atoms with Crippen molar-refractivity contribution in [2.24, 2.45) is 0 Å². The Labute approximate surface area is 117 Å². The van der Waals surface area contributed by atoms with Gasteiger partial charge in [-0.05, 0) is 37.1 Å². The van der Waals surface area contributed by atoms with Gasteiger partial charge in [0, 0.05) is 0 Å². The zero-order chi connectivity index (χ0) is 13.7. The highest BCUT2D eigenvalue weighted by molar-refractivity contribution is 8.00. The number of ether oxygens (including phenoxy) is 1. The van der Waals surface area contributed by atoms with Crippen molar-refractivity contribution >= 4 is 17.7 Å². The lowest BCUT2D eigenvalue weighted by atomic mass is 9.96. The van der Waals surface area contributed by atoms with Gasteiger partial charge in [-0.15, -0.1) is 5.10 Å². The highest BCUT2D eigenvalue weighted by Gasteiger charge is 2.24. The van der Waals surface area contributed by atoms with Gasteiger partial charge in [0.25, 0.3) is 0 Å². The average Bonchev–Trinajstić information content (AvgIpc) is 2.88. The first-order valence-electron chi connectivity index (χ1n) is 6.83. The molecule has 19 heavy (non-hydrogen) atoms. The Morgan fingerprint density at radius 1 is 1.47 bits per heavy atom. The molecule has 1 heterocycles. The van der Waals surface area contributed by atoms with Gasteiger partial charge in [0.15, 0.2) is 0 Å². The second kappa shape index (κ2) is 6.88. The van der Waals surface area contributed by atoms with Crippen LogP contribution in [-0.2, 0) is 9.53 Å². The molecule has 2 rings (SSSR count). The number of hydrogen-bond acceptors (Lipinski definition) is 6. The fourth-order valence-electron chi connectivity index (χ4n) is 2.28. The molecule has 1 unspecified atom stereocenters. The van der Waals surface area contributed by atoms with Gasteiger partial charge >= 0.3 is 5.97 Å². The number of thioether (sulfide) groups is 1. The number of aromatic nitrogens is 4. The lowest BCUT2D eigenvalue weighted by Crippen LogP contribution is -2.19. The van der Waals surface area contributed by atoms with Crippen LogP contribution in [0.5, 0.6) is 0 Å². The lowest BCUT2D eigenvalue weighted by Gasteiger charge is -2.22. The Morgan fingerprint density at radius 3 is 2.89 bits per heavy atom. The van der Waals surface area contributed by atoms with Crippen LogP contribution >= 0.6 is 11.8 Å². The molecule has 0 bridgehead atoms. The highest BCUT2D eigenvalue weighted by Crippen LogP contribution is 2.31. The van der Waals surface area contributed by atoms with Crippen molar-refractivity contribution in [3.63, 3.8) is 0 Å². The predicted octanol–water partition coefficient (Wildman–Crippen LogP) is 2.22. The minimum Gasteiger partial charge on any atom is -0.465 e. The van der Waals surface area contributed by atoms with Gasteiger partial charge in [-0.3, -0.25) is 4.79 Å². The van der Waals surface area contributed by atoms with Crippen LogP contribution in [0.15, 0.2) is 5.16 Å². The first-order chi connectivity index (χ1) is 9.22. The van der Waals surface area contributed by atoms with Crippen molar-refractivity contribution in [2.75, 3.05) is 6.61 Å². The van der Waals surface area contributed by atoms with Crippen LogP contribution in [0.2, 0.25) is 0 Å². The van der Waals surface area contributed by atoms with E-state index in [4.69, 9.17) is 4.74 Å². The van der Waals surface area contributed by atoms with Gasteiger partial charge < -0.3 is 4.74 Å². The largest absolute Gasteiger partial charge is 0.465 e. The maximum Gasteiger partial charge on any atom is 0.319 e. The number of carbonyl (C=O) groups excluding carboxylic acids is 1. The topological polar surface area (TPSA) is 69.9 Å².